The van der Waals surface area contributed by atoms with Crippen molar-refractivity contribution in [1.29, 1.82) is 0 Å². The van der Waals surface area contributed by atoms with Crippen molar-refractivity contribution in [2.45, 2.75) is 13.0 Å². The molecule has 0 heterocycles. The summed E-state index contributed by atoms with van der Waals surface area (Å²) in [6.45, 7) is 2.02. The molecule has 6 nitrogen and oxygen atoms in total. The smallest absolute Gasteiger partial charge is 0.404 e. The zero-order valence-electron chi connectivity index (χ0n) is 10.8. The van der Waals surface area contributed by atoms with E-state index in [1.807, 2.05) is 30.3 Å². The van der Waals surface area contributed by atoms with Crippen LogP contribution in [-0.2, 0) is 9.53 Å². The Labute approximate surface area is 112 Å². The molecule has 0 bridgehead atoms. The molecule has 2 atom stereocenters. The van der Waals surface area contributed by atoms with Gasteiger partial charge in [-0.2, -0.15) is 0 Å². The van der Waals surface area contributed by atoms with E-state index in [1.54, 1.807) is 6.92 Å². The molecule has 0 aromatic heterocycles. The van der Waals surface area contributed by atoms with Crippen molar-refractivity contribution < 1.29 is 14.3 Å². The maximum Gasteiger partial charge on any atom is 0.404 e. The Kier molecular flexibility index (Phi) is 5.81. The Balaban J connectivity index is 2.42. The fourth-order valence-electron chi connectivity index (χ4n) is 1.61. The van der Waals surface area contributed by atoms with Gasteiger partial charge in [0.1, 0.15) is 6.61 Å². The van der Waals surface area contributed by atoms with Crippen molar-refractivity contribution in [2.75, 3.05) is 13.2 Å². The second kappa shape index (κ2) is 7.38. The van der Waals surface area contributed by atoms with Crippen LogP contribution in [0.3, 0.4) is 0 Å². The van der Waals surface area contributed by atoms with Crippen LogP contribution in [0.1, 0.15) is 18.5 Å². The molecular weight excluding hydrogens is 246 g/mol. The van der Waals surface area contributed by atoms with Crippen molar-refractivity contribution >= 4 is 12.0 Å². The molecule has 1 aromatic rings. The van der Waals surface area contributed by atoms with E-state index < -0.39 is 6.09 Å². The number of carbonyl (C=O) groups excluding carboxylic acids is 2. The fourth-order valence-corrected chi connectivity index (χ4v) is 1.61. The SMILES string of the molecule is CC(C(=O)NCCOC(N)=O)C(N)c1ccccc1. The van der Waals surface area contributed by atoms with Crippen LogP contribution in [0.25, 0.3) is 0 Å². The summed E-state index contributed by atoms with van der Waals surface area (Å²) in [5, 5.41) is 2.64. The van der Waals surface area contributed by atoms with Crippen LogP contribution in [0.5, 0.6) is 0 Å². The van der Waals surface area contributed by atoms with Gasteiger partial charge in [-0.05, 0) is 5.56 Å². The molecule has 104 valence electrons. The van der Waals surface area contributed by atoms with Gasteiger partial charge in [-0.1, -0.05) is 37.3 Å². The average Bonchev–Trinajstić information content (AvgIpc) is 2.42. The average molecular weight is 265 g/mol. The summed E-state index contributed by atoms with van der Waals surface area (Å²) >= 11 is 0. The highest BCUT2D eigenvalue weighted by Crippen LogP contribution is 2.18. The van der Waals surface area contributed by atoms with E-state index >= 15 is 0 Å². The number of carbonyl (C=O) groups is 2. The lowest BCUT2D eigenvalue weighted by Crippen LogP contribution is -2.37. The van der Waals surface area contributed by atoms with E-state index in [9.17, 15) is 9.59 Å². The number of rotatable bonds is 6. The van der Waals surface area contributed by atoms with Crippen molar-refractivity contribution in [1.82, 2.24) is 5.32 Å². The quantitative estimate of drug-likeness (QED) is 0.652. The molecule has 2 unspecified atom stereocenters. The lowest BCUT2D eigenvalue weighted by atomic mass is 9.95. The molecule has 1 aromatic carbocycles. The minimum atomic E-state index is -0.858. The molecule has 19 heavy (non-hydrogen) atoms. The predicted octanol–water partition coefficient (Wildman–Crippen LogP) is 0.534. The molecule has 0 saturated heterocycles. The lowest BCUT2D eigenvalue weighted by Gasteiger charge is -2.19. The third-order valence-corrected chi connectivity index (χ3v) is 2.78. The topological polar surface area (TPSA) is 107 Å². The Hall–Kier alpha value is -2.08. The number of amides is 2. The van der Waals surface area contributed by atoms with Gasteiger partial charge in [0.05, 0.1) is 12.5 Å². The lowest BCUT2D eigenvalue weighted by molar-refractivity contribution is -0.125. The molecule has 0 aliphatic carbocycles. The van der Waals surface area contributed by atoms with Crippen LogP contribution in [0.15, 0.2) is 30.3 Å². The summed E-state index contributed by atoms with van der Waals surface area (Å²) in [6.07, 6.45) is -0.858. The van der Waals surface area contributed by atoms with Gasteiger partial charge in [0.25, 0.3) is 0 Å². The van der Waals surface area contributed by atoms with E-state index in [2.05, 4.69) is 10.1 Å². The molecular formula is C13H19N3O3. The Bertz CT molecular complexity index is 422. The molecule has 0 aliphatic rings. The van der Waals surface area contributed by atoms with Gasteiger partial charge in [-0.3, -0.25) is 4.79 Å². The minimum Gasteiger partial charge on any atom is -0.448 e. The van der Waals surface area contributed by atoms with Crippen LogP contribution in [0.4, 0.5) is 4.79 Å². The molecule has 6 heteroatoms. The van der Waals surface area contributed by atoms with Gasteiger partial charge in [0.15, 0.2) is 0 Å². The van der Waals surface area contributed by atoms with Crippen molar-refractivity contribution in [3.05, 3.63) is 35.9 Å². The summed E-state index contributed by atoms with van der Waals surface area (Å²) in [4.78, 5) is 22.2. The number of nitrogens with two attached hydrogens (primary N) is 2. The number of primary amides is 1. The normalized spacial score (nSPS) is 13.4. The highest BCUT2D eigenvalue weighted by atomic mass is 16.5. The number of nitrogens with one attached hydrogen (secondary N) is 1. The third-order valence-electron chi connectivity index (χ3n) is 2.78. The molecule has 0 radical (unpaired) electrons. The molecule has 0 spiro atoms. The summed E-state index contributed by atoms with van der Waals surface area (Å²) in [7, 11) is 0. The highest BCUT2D eigenvalue weighted by Gasteiger charge is 2.21. The second-order valence-corrected chi connectivity index (χ2v) is 4.18. The zero-order chi connectivity index (χ0) is 14.3. The first kappa shape index (κ1) is 15.0. The number of ether oxygens (including phenoxy) is 1. The van der Waals surface area contributed by atoms with Gasteiger partial charge in [0.2, 0.25) is 5.91 Å². The van der Waals surface area contributed by atoms with Crippen molar-refractivity contribution in [3.63, 3.8) is 0 Å². The van der Waals surface area contributed by atoms with Gasteiger partial charge in [0, 0.05) is 6.04 Å². The van der Waals surface area contributed by atoms with Crippen LogP contribution < -0.4 is 16.8 Å². The minimum absolute atomic E-state index is 0.0500. The van der Waals surface area contributed by atoms with Gasteiger partial charge >= 0.3 is 6.09 Å². The van der Waals surface area contributed by atoms with E-state index in [1.165, 1.54) is 0 Å². The van der Waals surface area contributed by atoms with Crippen molar-refractivity contribution in [2.24, 2.45) is 17.4 Å². The van der Waals surface area contributed by atoms with E-state index in [0.29, 0.717) is 0 Å². The molecule has 2 amide bonds. The summed E-state index contributed by atoms with van der Waals surface area (Å²) in [6, 6.07) is 9.02. The third kappa shape index (κ3) is 4.97. The zero-order valence-corrected chi connectivity index (χ0v) is 10.8. The summed E-state index contributed by atoms with van der Waals surface area (Å²) < 4.78 is 4.51. The summed E-state index contributed by atoms with van der Waals surface area (Å²) in [5.74, 6) is -0.569. The number of benzene rings is 1. The molecule has 0 saturated carbocycles. The monoisotopic (exact) mass is 265 g/mol. The van der Waals surface area contributed by atoms with Gasteiger partial charge in [-0.25, -0.2) is 4.79 Å². The molecule has 0 fully saturated rings. The number of hydrogen-bond acceptors (Lipinski definition) is 4. The predicted molar refractivity (Wildman–Crippen MR) is 71.1 cm³/mol. The Morgan fingerprint density at radius 1 is 1.32 bits per heavy atom. The molecule has 0 aliphatic heterocycles. The van der Waals surface area contributed by atoms with E-state index in [-0.39, 0.29) is 31.0 Å². The molecule has 5 N–H and O–H groups in total. The first-order valence-corrected chi connectivity index (χ1v) is 6.03. The van der Waals surface area contributed by atoms with E-state index in [4.69, 9.17) is 11.5 Å². The second-order valence-electron chi connectivity index (χ2n) is 4.18. The maximum atomic E-state index is 11.8. The number of hydrogen-bond donors (Lipinski definition) is 3. The van der Waals surface area contributed by atoms with E-state index in [0.717, 1.165) is 5.56 Å². The first-order valence-electron chi connectivity index (χ1n) is 6.03. The van der Waals surface area contributed by atoms with Crippen LogP contribution >= 0.6 is 0 Å². The Morgan fingerprint density at radius 2 is 1.95 bits per heavy atom. The van der Waals surface area contributed by atoms with Gasteiger partial charge < -0.3 is 21.5 Å². The standard InChI is InChI=1S/C13H19N3O3/c1-9(11(14)10-5-3-2-4-6-10)12(17)16-7-8-19-13(15)18/h2-6,9,11H,7-8,14H2,1H3,(H2,15,18)(H,16,17). The highest BCUT2D eigenvalue weighted by molar-refractivity contribution is 5.79. The maximum absolute atomic E-state index is 11.8. The first-order chi connectivity index (χ1) is 9.02. The van der Waals surface area contributed by atoms with Crippen LogP contribution in [0.2, 0.25) is 0 Å². The van der Waals surface area contributed by atoms with Crippen molar-refractivity contribution in [3.8, 4) is 0 Å². The fraction of sp³-hybridized carbons (Fsp3) is 0.385. The van der Waals surface area contributed by atoms with Crippen LogP contribution in [0, 0.1) is 5.92 Å². The van der Waals surface area contributed by atoms with Crippen LogP contribution in [-0.4, -0.2) is 25.2 Å². The largest absolute Gasteiger partial charge is 0.448 e. The summed E-state index contributed by atoms with van der Waals surface area (Å²) in [5.41, 5.74) is 11.7. The van der Waals surface area contributed by atoms with Gasteiger partial charge in [-0.15, -0.1) is 0 Å². The molecule has 1 rings (SSSR count). The Morgan fingerprint density at radius 3 is 2.53 bits per heavy atom.